The summed E-state index contributed by atoms with van der Waals surface area (Å²) in [5.41, 5.74) is -0.102. The molecule has 0 aliphatic carbocycles. The highest BCUT2D eigenvalue weighted by atomic mass is 32.1. The first-order chi connectivity index (χ1) is 14.1. The Balaban J connectivity index is 1.50. The molecule has 3 rings (SSSR count). The molecule has 1 aromatic heterocycles. The predicted octanol–water partition coefficient (Wildman–Crippen LogP) is 1.88. The van der Waals surface area contributed by atoms with Crippen molar-refractivity contribution in [3.8, 4) is 0 Å². The molecule has 0 aromatic carbocycles. The number of thiazole rings is 1. The second-order valence-corrected chi connectivity index (χ2v) is 9.57. The van der Waals surface area contributed by atoms with E-state index in [-0.39, 0.29) is 42.3 Å². The number of Topliss-reactive ketones (excluding diaryl/α,β-unsaturated/α-hetero) is 1. The summed E-state index contributed by atoms with van der Waals surface area (Å²) in [6, 6.07) is 0. The Morgan fingerprint density at radius 1 is 1.13 bits per heavy atom. The lowest BCUT2D eigenvalue weighted by Gasteiger charge is -2.41. The van der Waals surface area contributed by atoms with Gasteiger partial charge in [0.15, 0.2) is 5.78 Å². The number of piperidine rings is 1. The van der Waals surface area contributed by atoms with Gasteiger partial charge >= 0.3 is 0 Å². The Morgan fingerprint density at radius 3 is 2.37 bits per heavy atom. The van der Waals surface area contributed by atoms with Gasteiger partial charge in [0.2, 0.25) is 17.7 Å². The van der Waals surface area contributed by atoms with E-state index in [0.717, 1.165) is 28.4 Å². The second kappa shape index (κ2) is 8.83. The van der Waals surface area contributed by atoms with Gasteiger partial charge in [0.25, 0.3) is 0 Å². The maximum absolute atomic E-state index is 12.6. The van der Waals surface area contributed by atoms with Crippen LogP contribution in [0, 0.1) is 6.92 Å². The third-order valence-electron chi connectivity index (χ3n) is 6.04. The zero-order chi connectivity index (χ0) is 22.1. The van der Waals surface area contributed by atoms with Crippen molar-refractivity contribution in [2.45, 2.75) is 64.8 Å². The monoisotopic (exact) mass is 434 g/mol. The van der Waals surface area contributed by atoms with Crippen LogP contribution in [0.4, 0.5) is 0 Å². The van der Waals surface area contributed by atoms with Gasteiger partial charge in [-0.15, -0.1) is 11.3 Å². The van der Waals surface area contributed by atoms with E-state index in [1.54, 1.807) is 25.7 Å². The Kier molecular flexibility index (Phi) is 6.59. The van der Waals surface area contributed by atoms with Gasteiger partial charge in [0, 0.05) is 51.9 Å². The molecule has 8 nitrogen and oxygen atoms in total. The van der Waals surface area contributed by atoms with Crippen molar-refractivity contribution in [1.29, 1.82) is 0 Å². The molecule has 3 amide bonds. The minimum absolute atomic E-state index is 0.0270. The molecular formula is C21H30N4O4S. The number of rotatable bonds is 5. The number of hydrogen-bond donors (Lipinski definition) is 1. The van der Waals surface area contributed by atoms with Crippen LogP contribution in [0.2, 0.25) is 0 Å². The van der Waals surface area contributed by atoms with E-state index in [2.05, 4.69) is 10.3 Å². The first kappa shape index (κ1) is 22.4. The summed E-state index contributed by atoms with van der Waals surface area (Å²) in [6.07, 6.45) is 1.89. The zero-order valence-corrected chi connectivity index (χ0v) is 18.9. The highest BCUT2D eigenvalue weighted by Gasteiger charge is 2.40. The summed E-state index contributed by atoms with van der Waals surface area (Å²) in [5, 5.41) is 3.75. The molecule has 2 fully saturated rings. The van der Waals surface area contributed by atoms with Crippen molar-refractivity contribution in [3.63, 3.8) is 0 Å². The molecule has 30 heavy (non-hydrogen) atoms. The minimum Gasteiger partial charge on any atom is -0.352 e. The molecule has 164 valence electrons. The van der Waals surface area contributed by atoms with Gasteiger partial charge in [-0.2, -0.15) is 0 Å². The maximum atomic E-state index is 12.6. The number of amides is 3. The number of nitrogens with zero attached hydrogens (tertiary/aromatic N) is 3. The van der Waals surface area contributed by atoms with E-state index < -0.39 is 5.54 Å². The fourth-order valence-electron chi connectivity index (χ4n) is 4.14. The average molecular weight is 435 g/mol. The van der Waals surface area contributed by atoms with E-state index in [1.165, 1.54) is 11.3 Å². The first-order valence-electron chi connectivity index (χ1n) is 10.5. The van der Waals surface area contributed by atoms with Crippen LogP contribution in [-0.2, 0) is 14.4 Å². The molecule has 2 saturated heterocycles. The van der Waals surface area contributed by atoms with Crippen LogP contribution in [0.3, 0.4) is 0 Å². The Hall–Kier alpha value is -2.29. The predicted molar refractivity (Wildman–Crippen MR) is 113 cm³/mol. The Morgan fingerprint density at radius 2 is 1.77 bits per heavy atom. The van der Waals surface area contributed by atoms with E-state index in [0.29, 0.717) is 26.2 Å². The van der Waals surface area contributed by atoms with Crippen LogP contribution >= 0.6 is 11.3 Å². The molecule has 2 aliphatic rings. The van der Waals surface area contributed by atoms with Crippen molar-refractivity contribution in [1.82, 2.24) is 20.1 Å². The molecule has 1 aromatic rings. The summed E-state index contributed by atoms with van der Waals surface area (Å²) >= 11 is 1.47. The number of carbonyl (C=O) groups is 4. The SMILES string of the molecule is CC(=O)c1sc(C2CCN(C(=O)CCC(=O)N3CCNC(=O)C3(C)C)CC2)nc1C. The van der Waals surface area contributed by atoms with E-state index >= 15 is 0 Å². The third kappa shape index (κ3) is 4.55. The Labute approximate surface area is 181 Å². The van der Waals surface area contributed by atoms with Crippen molar-refractivity contribution >= 4 is 34.8 Å². The smallest absolute Gasteiger partial charge is 0.245 e. The molecule has 2 aliphatic heterocycles. The fourth-order valence-corrected chi connectivity index (χ4v) is 5.27. The average Bonchev–Trinajstić information content (AvgIpc) is 3.10. The van der Waals surface area contributed by atoms with Gasteiger partial charge in [-0.1, -0.05) is 0 Å². The number of likely N-dealkylation sites (tertiary alicyclic amines) is 1. The standard InChI is InChI=1S/C21H30N4O4S/c1-13-18(14(2)26)30-19(23-13)15-7-10-24(11-8-15)16(27)5-6-17(28)25-12-9-22-20(29)21(25,3)4/h15H,5-12H2,1-4H3,(H,22,29). The lowest BCUT2D eigenvalue weighted by Crippen LogP contribution is -2.63. The van der Waals surface area contributed by atoms with Gasteiger partial charge < -0.3 is 15.1 Å². The molecule has 9 heteroatoms. The van der Waals surface area contributed by atoms with Crippen LogP contribution in [0.1, 0.15) is 72.7 Å². The summed E-state index contributed by atoms with van der Waals surface area (Å²) in [7, 11) is 0. The van der Waals surface area contributed by atoms with Crippen LogP contribution in [0.5, 0.6) is 0 Å². The lowest BCUT2D eigenvalue weighted by molar-refractivity contribution is -0.150. The van der Waals surface area contributed by atoms with E-state index in [9.17, 15) is 19.2 Å². The summed E-state index contributed by atoms with van der Waals surface area (Å²) in [5.74, 6) is -0.0437. The van der Waals surface area contributed by atoms with E-state index in [4.69, 9.17) is 0 Å². The molecule has 0 radical (unpaired) electrons. The summed E-state index contributed by atoms with van der Waals surface area (Å²) < 4.78 is 0. The third-order valence-corrected chi connectivity index (χ3v) is 7.46. The van der Waals surface area contributed by atoms with Crippen LogP contribution < -0.4 is 5.32 Å². The number of carbonyl (C=O) groups excluding carboxylic acids is 4. The van der Waals surface area contributed by atoms with Crippen molar-refractivity contribution in [2.24, 2.45) is 0 Å². The minimum atomic E-state index is -0.888. The molecule has 3 heterocycles. The Bertz CT molecular complexity index is 855. The maximum Gasteiger partial charge on any atom is 0.245 e. The van der Waals surface area contributed by atoms with Crippen molar-refractivity contribution in [3.05, 3.63) is 15.6 Å². The number of aryl methyl sites for hydroxylation is 1. The van der Waals surface area contributed by atoms with Gasteiger partial charge in [-0.05, 0) is 33.6 Å². The summed E-state index contributed by atoms with van der Waals surface area (Å²) in [4.78, 5) is 57.6. The largest absolute Gasteiger partial charge is 0.352 e. The van der Waals surface area contributed by atoms with Crippen molar-refractivity contribution < 1.29 is 19.2 Å². The van der Waals surface area contributed by atoms with Crippen molar-refractivity contribution in [2.75, 3.05) is 26.2 Å². The molecule has 0 atom stereocenters. The van der Waals surface area contributed by atoms with Gasteiger partial charge in [0.1, 0.15) is 5.54 Å². The van der Waals surface area contributed by atoms with E-state index in [1.807, 2.05) is 11.8 Å². The van der Waals surface area contributed by atoms with Gasteiger partial charge in [0.05, 0.1) is 15.6 Å². The van der Waals surface area contributed by atoms with Crippen LogP contribution in [0.15, 0.2) is 0 Å². The fraction of sp³-hybridized carbons (Fsp3) is 0.667. The molecular weight excluding hydrogens is 404 g/mol. The number of nitrogens with one attached hydrogen (secondary N) is 1. The highest BCUT2D eigenvalue weighted by molar-refractivity contribution is 7.13. The lowest BCUT2D eigenvalue weighted by atomic mass is 9.96. The molecule has 1 N–H and O–H groups in total. The molecule has 0 spiro atoms. The number of piperazine rings is 1. The second-order valence-electron chi connectivity index (χ2n) is 8.54. The molecule has 0 saturated carbocycles. The number of hydrogen-bond acceptors (Lipinski definition) is 6. The first-order valence-corrected chi connectivity index (χ1v) is 11.3. The summed E-state index contributed by atoms with van der Waals surface area (Å²) in [6.45, 7) is 9.04. The molecule has 0 unspecified atom stereocenters. The topological polar surface area (TPSA) is 99.7 Å². The normalized spacial score (nSPS) is 19.5. The number of aromatic nitrogens is 1. The number of ketones is 1. The molecule has 0 bridgehead atoms. The van der Waals surface area contributed by atoms with Crippen LogP contribution in [0.25, 0.3) is 0 Å². The quantitative estimate of drug-likeness (QED) is 0.714. The zero-order valence-electron chi connectivity index (χ0n) is 18.1. The highest BCUT2D eigenvalue weighted by Crippen LogP contribution is 2.33. The van der Waals surface area contributed by atoms with Gasteiger partial charge in [-0.25, -0.2) is 4.98 Å². The van der Waals surface area contributed by atoms with Gasteiger partial charge in [-0.3, -0.25) is 19.2 Å². The van der Waals surface area contributed by atoms with Crippen LogP contribution in [-0.4, -0.2) is 70.0 Å².